The number of likely N-dealkylation sites (N-methyl/N-ethyl adjacent to an activating group) is 1. The first-order valence-electron chi connectivity index (χ1n) is 11.8. The Morgan fingerprint density at radius 2 is 1.95 bits per heavy atom. The lowest BCUT2D eigenvalue weighted by atomic mass is 9.97. The largest absolute Gasteiger partial charge is 0.495 e. The molecule has 0 aromatic heterocycles. The maximum atomic E-state index is 14.6. The second-order valence-electron chi connectivity index (χ2n) is 9.28. The molecule has 1 unspecified atom stereocenters. The summed E-state index contributed by atoms with van der Waals surface area (Å²) in [5.41, 5.74) is 2.83. The van der Waals surface area contributed by atoms with Crippen LogP contribution in [-0.4, -0.2) is 40.1 Å². The highest BCUT2D eigenvalue weighted by Crippen LogP contribution is 2.33. The number of fused-ring (bicyclic) bond motifs is 1. The molecule has 0 fully saturated rings. The van der Waals surface area contributed by atoms with Crippen LogP contribution >= 0.6 is 23.2 Å². The highest BCUT2D eigenvalue weighted by molar-refractivity contribution is 7.90. The summed E-state index contributed by atoms with van der Waals surface area (Å²) in [5, 5.41) is 6.18. The second-order valence-corrected chi connectivity index (χ2v) is 12.1. The highest BCUT2D eigenvalue weighted by Gasteiger charge is 2.25. The van der Waals surface area contributed by atoms with Gasteiger partial charge in [0.15, 0.2) is 9.84 Å². The highest BCUT2D eigenvalue weighted by atomic mass is 35.5. The molecule has 2 N–H and O–H groups in total. The minimum Gasteiger partial charge on any atom is -0.495 e. The first-order valence-corrected chi connectivity index (χ1v) is 14.3. The number of hydrogen-bond donors (Lipinski definition) is 2. The Labute approximate surface area is 231 Å². The van der Waals surface area contributed by atoms with Gasteiger partial charge in [-0.2, -0.15) is 0 Å². The third-order valence-electron chi connectivity index (χ3n) is 6.39. The first kappa shape index (κ1) is 28.2. The number of hydrogen-bond acceptors (Lipinski definition) is 5. The summed E-state index contributed by atoms with van der Waals surface area (Å²) >= 11 is 12.3. The minimum atomic E-state index is -3.78. The Morgan fingerprint density at radius 3 is 2.68 bits per heavy atom. The van der Waals surface area contributed by atoms with E-state index in [1.54, 1.807) is 43.3 Å². The van der Waals surface area contributed by atoms with Gasteiger partial charge >= 0.3 is 6.03 Å². The topological polar surface area (TPSA) is 87.7 Å². The summed E-state index contributed by atoms with van der Waals surface area (Å²) in [6, 6.07) is 13.5. The van der Waals surface area contributed by atoms with Gasteiger partial charge in [0.05, 0.1) is 39.5 Å². The van der Waals surface area contributed by atoms with Crippen LogP contribution in [0, 0.1) is 0 Å². The summed E-state index contributed by atoms with van der Waals surface area (Å²) in [6.45, 7) is 2.65. The number of halogens is 3. The fourth-order valence-corrected chi connectivity index (χ4v) is 6.27. The molecule has 2 atom stereocenters. The molecule has 0 spiro atoms. The van der Waals surface area contributed by atoms with Crippen molar-refractivity contribution in [3.05, 3.63) is 86.9 Å². The number of carbonyl (C=O) groups excluding carboxylic acids is 1. The van der Waals surface area contributed by atoms with Crippen molar-refractivity contribution in [2.24, 2.45) is 0 Å². The van der Waals surface area contributed by atoms with Crippen LogP contribution in [0.3, 0.4) is 0 Å². The lowest BCUT2D eigenvalue weighted by molar-refractivity contribution is 0.195. The van der Waals surface area contributed by atoms with Gasteiger partial charge in [-0.15, -0.1) is 0 Å². The van der Waals surface area contributed by atoms with E-state index in [1.165, 1.54) is 25.3 Å². The molecule has 0 bridgehead atoms. The number of methoxy groups -OCH3 is 1. The maximum absolute atomic E-state index is 14.6. The van der Waals surface area contributed by atoms with Crippen LogP contribution < -0.4 is 15.4 Å². The molecule has 3 aromatic carbocycles. The maximum Gasteiger partial charge on any atom is 0.319 e. The molecule has 202 valence electrons. The summed E-state index contributed by atoms with van der Waals surface area (Å²) < 4.78 is 46.3. The van der Waals surface area contributed by atoms with Crippen molar-refractivity contribution in [3.63, 3.8) is 0 Å². The standard InChI is InChI=1S/C27H28Cl2FN3O4S/c1-16(20-5-4-6-22(28)26(20)29)31-27(34)32-24-10-9-19(12-25(24)37-3)38(35,36)15-17-7-8-18-13-33(2)14-23(30)21(18)11-17/h4-12,16,23H,13-15H2,1-3H3,(H2,31,32,34)/t16-,23?/m1/s1. The van der Waals surface area contributed by atoms with Crippen LogP contribution in [0.15, 0.2) is 59.5 Å². The van der Waals surface area contributed by atoms with Crippen LogP contribution in [-0.2, 0) is 22.1 Å². The van der Waals surface area contributed by atoms with E-state index in [0.717, 1.165) is 5.56 Å². The number of amides is 2. The smallest absolute Gasteiger partial charge is 0.319 e. The van der Waals surface area contributed by atoms with E-state index in [0.29, 0.717) is 33.3 Å². The molecular formula is C27H28Cl2FN3O4S. The average Bonchev–Trinajstić information content (AvgIpc) is 2.85. The van der Waals surface area contributed by atoms with Crippen molar-refractivity contribution in [1.82, 2.24) is 10.2 Å². The number of sulfone groups is 1. The lowest BCUT2D eigenvalue weighted by Gasteiger charge is -2.28. The fourth-order valence-electron chi connectivity index (χ4n) is 4.46. The van der Waals surface area contributed by atoms with E-state index in [4.69, 9.17) is 27.9 Å². The number of ether oxygens (including phenoxy) is 1. The average molecular weight is 581 g/mol. The molecule has 7 nitrogen and oxygen atoms in total. The molecule has 0 saturated carbocycles. The predicted octanol–water partition coefficient (Wildman–Crippen LogP) is 6.31. The van der Waals surface area contributed by atoms with E-state index in [1.807, 2.05) is 11.9 Å². The summed E-state index contributed by atoms with van der Waals surface area (Å²) in [6.07, 6.45) is -1.17. The van der Waals surface area contributed by atoms with Crippen LogP contribution in [0.1, 0.15) is 41.4 Å². The van der Waals surface area contributed by atoms with Crippen molar-refractivity contribution in [1.29, 1.82) is 0 Å². The van der Waals surface area contributed by atoms with E-state index >= 15 is 0 Å². The Kier molecular flexibility index (Phi) is 8.52. The summed E-state index contributed by atoms with van der Waals surface area (Å²) in [7, 11) is -0.552. The third kappa shape index (κ3) is 6.23. The normalized spacial score (nSPS) is 16.4. The van der Waals surface area contributed by atoms with Gasteiger partial charge < -0.3 is 15.4 Å². The quantitative estimate of drug-likeness (QED) is 0.342. The lowest BCUT2D eigenvalue weighted by Crippen LogP contribution is -2.31. The number of urea groups is 1. The predicted molar refractivity (Wildman–Crippen MR) is 148 cm³/mol. The van der Waals surface area contributed by atoms with Crippen molar-refractivity contribution in [3.8, 4) is 5.75 Å². The molecular weight excluding hydrogens is 552 g/mol. The zero-order valence-electron chi connectivity index (χ0n) is 21.1. The van der Waals surface area contributed by atoms with E-state index in [2.05, 4.69) is 10.6 Å². The van der Waals surface area contributed by atoms with Gasteiger partial charge in [-0.3, -0.25) is 4.90 Å². The number of rotatable bonds is 7. The van der Waals surface area contributed by atoms with Crippen LogP contribution in [0.25, 0.3) is 0 Å². The zero-order valence-corrected chi connectivity index (χ0v) is 23.4. The molecule has 0 radical (unpaired) electrons. The number of nitrogens with zero attached hydrogens (tertiary/aromatic N) is 1. The SMILES string of the molecule is COc1cc(S(=O)(=O)Cc2ccc3c(c2)C(F)CN(C)C3)ccc1NC(=O)N[C@H](C)c1cccc(Cl)c1Cl. The van der Waals surface area contributed by atoms with Gasteiger partial charge in [-0.1, -0.05) is 53.5 Å². The van der Waals surface area contributed by atoms with Crippen molar-refractivity contribution >= 4 is 44.8 Å². The monoisotopic (exact) mass is 579 g/mol. The number of carbonyl (C=O) groups is 1. The van der Waals surface area contributed by atoms with E-state index in [9.17, 15) is 17.6 Å². The van der Waals surface area contributed by atoms with Gasteiger partial charge in [0.2, 0.25) is 0 Å². The van der Waals surface area contributed by atoms with E-state index in [-0.39, 0.29) is 28.6 Å². The molecule has 3 aromatic rings. The molecule has 0 aliphatic carbocycles. The Balaban J connectivity index is 1.48. The van der Waals surface area contributed by atoms with Gasteiger partial charge in [0.1, 0.15) is 11.9 Å². The van der Waals surface area contributed by atoms with Crippen LogP contribution in [0.2, 0.25) is 10.0 Å². The van der Waals surface area contributed by atoms with Gasteiger partial charge in [0.25, 0.3) is 0 Å². The first-order chi connectivity index (χ1) is 18.0. The molecule has 2 amide bonds. The molecule has 0 saturated heterocycles. The van der Waals surface area contributed by atoms with Gasteiger partial charge in [-0.05, 0) is 54.4 Å². The van der Waals surface area contributed by atoms with Crippen LogP contribution in [0.4, 0.5) is 14.9 Å². The molecule has 4 rings (SSSR count). The minimum absolute atomic E-state index is 0.0219. The zero-order chi connectivity index (χ0) is 27.6. The van der Waals surface area contributed by atoms with Gasteiger partial charge in [0, 0.05) is 19.2 Å². The number of nitrogens with one attached hydrogen (secondary N) is 2. The number of alkyl halides is 1. The van der Waals surface area contributed by atoms with Crippen molar-refractivity contribution in [2.75, 3.05) is 26.0 Å². The summed E-state index contributed by atoms with van der Waals surface area (Å²) in [5.74, 6) is -0.121. The number of benzene rings is 3. The van der Waals surface area contributed by atoms with Crippen LogP contribution in [0.5, 0.6) is 5.75 Å². The molecule has 11 heteroatoms. The molecule has 1 heterocycles. The molecule has 1 aliphatic rings. The Hall–Kier alpha value is -2.85. The molecule has 1 aliphatic heterocycles. The second kappa shape index (κ2) is 11.5. The van der Waals surface area contributed by atoms with E-state index < -0.39 is 28.1 Å². The fraction of sp³-hybridized carbons (Fsp3) is 0.296. The number of anilines is 1. The third-order valence-corrected chi connectivity index (χ3v) is 8.91. The molecule has 38 heavy (non-hydrogen) atoms. The Morgan fingerprint density at radius 1 is 1.18 bits per heavy atom. The van der Waals surface area contributed by atoms with Gasteiger partial charge in [-0.25, -0.2) is 17.6 Å². The van der Waals surface area contributed by atoms with Crippen molar-refractivity contribution in [2.45, 2.75) is 36.3 Å². The van der Waals surface area contributed by atoms with Crippen molar-refractivity contribution < 1.29 is 22.3 Å². The Bertz CT molecular complexity index is 1470. The summed E-state index contributed by atoms with van der Waals surface area (Å²) in [4.78, 5) is 14.6.